The standard InChI is InChI=1S/C25H27NO3/c1-2-17-28-23-15-13-21(14-16-23)25(27)26-22-11-6-12-24(19-22)29-18-7-10-20-8-4-3-5-9-20/h3-6,8-9,11-16,19H,2,7,10,17-18H2,1H3,(H,26,27). The van der Waals surface area contributed by atoms with Gasteiger partial charge in [-0.1, -0.05) is 43.3 Å². The van der Waals surface area contributed by atoms with Crippen molar-refractivity contribution in [3.8, 4) is 11.5 Å². The molecule has 0 aliphatic carbocycles. The second-order valence-corrected chi connectivity index (χ2v) is 6.79. The Kier molecular flexibility index (Phi) is 7.70. The van der Waals surface area contributed by atoms with E-state index in [1.807, 2.05) is 54.6 Å². The van der Waals surface area contributed by atoms with E-state index in [9.17, 15) is 4.79 Å². The number of amides is 1. The van der Waals surface area contributed by atoms with Gasteiger partial charge in [0.25, 0.3) is 5.91 Å². The first-order chi connectivity index (χ1) is 14.2. The second kappa shape index (κ2) is 10.9. The molecule has 0 aromatic heterocycles. The first-order valence-electron chi connectivity index (χ1n) is 10.1. The quantitative estimate of drug-likeness (QED) is 0.450. The minimum Gasteiger partial charge on any atom is -0.494 e. The Balaban J connectivity index is 1.49. The van der Waals surface area contributed by atoms with Gasteiger partial charge in [-0.05, 0) is 61.2 Å². The van der Waals surface area contributed by atoms with Crippen molar-refractivity contribution in [3.63, 3.8) is 0 Å². The van der Waals surface area contributed by atoms with Crippen LogP contribution < -0.4 is 14.8 Å². The van der Waals surface area contributed by atoms with Crippen LogP contribution in [0.25, 0.3) is 0 Å². The van der Waals surface area contributed by atoms with Gasteiger partial charge in [0.2, 0.25) is 0 Å². The third-order valence-electron chi connectivity index (χ3n) is 4.40. The summed E-state index contributed by atoms with van der Waals surface area (Å²) in [5.74, 6) is 1.36. The van der Waals surface area contributed by atoms with E-state index < -0.39 is 0 Å². The Morgan fingerprint density at radius 1 is 0.828 bits per heavy atom. The van der Waals surface area contributed by atoms with Gasteiger partial charge in [0.1, 0.15) is 11.5 Å². The number of rotatable bonds is 10. The number of anilines is 1. The van der Waals surface area contributed by atoms with Crippen LogP contribution >= 0.6 is 0 Å². The SMILES string of the molecule is CCCOc1ccc(C(=O)Nc2cccc(OCCCc3ccccc3)c2)cc1. The molecule has 0 heterocycles. The van der Waals surface area contributed by atoms with Gasteiger partial charge < -0.3 is 14.8 Å². The van der Waals surface area contributed by atoms with Crippen molar-refractivity contribution in [1.29, 1.82) is 0 Å². The summed E-state index contributed by atoms with van der Waals surface area (Å²) >= 11 is 0. The normalized spacial score (nSPS) is 10.4. The van der Waals surface area contributed by atoms with Gasteiger partial charge in [-0.2, -0.15) is 0 Å². The first kappa shape index (κ1) is 20.5. The fraction of sp³-hybridized carbons (Fsp3) is 0.240. The molecule has 150 valence electrons. The molecular formula is C25H27NO3. The molecule has 3 aromatic rings. The third kappa shape index (κ3) is 6.68. The summed E-state index contributed by atoms with van der Waals surface area (Å²) in [5, 5.41) is 2.92. The van der Waals surface area contributed by atoms with Crippen molar-refractivity contribution in [1.82, 2.24) is 0 Å². The number of carbonyl (C=O) groups excluding carboxylic acids is 1. The molecule has 0 fully saturated rings. The van der Waals surface area contributed by atoms with E-state index in [-0.39, 0.29) is 5.91 Å². The lowest BCUT2D eigenvalue weighted by molar-refractivity contribution is 0.102. The Morgan fingerprint density at radius 3 is 2.34 bits per heavy atom. The van der Waals surface area contributed by atoms with Crippen molar-refractivity contribution >= 4 is 11.6 Å². The topological polar surface area (TPSA) is 47.6 Å². The van der Waals surface area contributed by atoms with Gasteiger partial charge in [0.15, 0.2) is 0 Å². The summed E-state index contributed by atoms with van der Waals surface area (Å²) < 4.78 is 11.4. The van der Waals surface area contributed by atoms with Crippen LogP contribution in [0.2, 0.25) is 0 Å². The molecule has 0 atom stereocenters. The van der Waals surface area contributed by atoms with E-state index in [1.54, 1.807) is 12.1 Å². The molecule has 0 bridgehead atoms. The number of carbonyl (C=O) groups is 1. The maximum absolute atomic E-state index is 12.5. The summed E-state index contributed by atoms with van der Waals surface area (Å²) in [7, 11) is 0. The van der Waals surface area contributed by atoms with E-state index >= 15 is 0 Å². The van der Waals surface area contributed by atoms with Crippen LogP contribution in [0.15, 0.2) is 78.9 Å². The minimum absolute atomic E-state index is 0.159. The Bertz CT molecular complexity index is 891. The van der Waals surface area contributed by atoms with Crippen molar-refractivity contribution < 1.29 is 14.3 Å². The number of aryl methyl sites for hydroxylation is 1. The molecule has 0 aliphatic heterocycles. The molecule has 3 rings (SSSR count). The zero-order chi connectivity index (χ0) is 20.3. The lowest BCUT2D eigenvalue weighted by Crippen LogP contribution is -2.12. The molecule has 1 amide bonds. The van der Waals surface area contributed by atoms with E-state index in [1.165, 1.54) is 5.56 Å². The van der Waals surface area contributed by atoms with E-state index in [0.29, 0.717) is 24.5 Å². The van der Waals surface area contributed by atoms with Crippen LogP contribution in [-0.2, 0) is 6.42 Å². The van der Waals surface area contributed by atoms with E-state index in [2.05, 4.69) is 24.4 Å². The predicted octanol–water partition coefficient (Wildman–Crippen LogP) is 5.74. The number of hydrogen-bond acceptors (Lipinski definition) is 3. The van der Waals surface area contributed by atoms with Gasteiger partial charge in [-0.15, -0.1) is 0 Å². The van der Waals surface area contributed by atoms with Crippen LogP contribution in [0.1, 0.15) is 35.7 Å². The van der Waals surface area contributed by atoms with Crippen molar-refractivity contribution in [2.45, 2.75) is 26.2 Å². The van der Waals surface area contributed by atoms with Crippen molar-refractivity contribution in [2.24, 2.45) is 0 Å². The Morgan fingerprint density at radius 2 is 1.59 bits per heavy atom. The predicted molar refractivity (Wildman–Crippen MR) is 117 cm³/mol. The molecule has 0 unspecified atom stereocenters. The highest BCUT2D eigenvalue weighted by Gasteiger charge is 2.07. The molecule has 3 aromatic carbocycles. The average Bonchev–Trinajstić information content (AvgIpc) is 2.76. The van der Waals surface area contributed by atoms with E-state index in [0.717, 1.165) is 30.8 Å². The highest BCUT2D eigenvalue weighted by Crippen LogP contribution is 2.19. The summed E-state index contributed by atoms with van der Waals surface area (Å²) in [5.41, 5.74) is 2.60. The Labute approximate surface area is 172 Å². The average molecular weight is 389 g/mol. The maximum Gasteiger partial charge on any atom is 0.255 e. The molecule has 0 aliphatic rings. The fourth-order valence-corrected chi connectivity index (χ4v) is 2.90. The van der Waals surface area contributed by atoms with Gasteiger partial charge in [0.05, 0.1) is 13.2 Å². The molecule has 1 N–H and O–H groups in total. The number of nitrogens with one attached hydrogen (secondary N) is 1. The second-order valence-electron chi connectivity index (χ2n) is 6.79. The summed E-state index contributed by atoms with van der Waals surface area (Å²) in [6.45, 7) is 3.36. The summed E-state index contributed by atoms with van der Waals surface area (Å²) in [4.78, 5) is 12.5. The van der Waals surface area contributed by atoms with Crippen LogP contribution in [0, 0.1) is 0 Å². The molecule has 0 saturated carbocycles. The first-order valence-corrected chi connectivity index (χ1v) is 10.1. The molecule has 0 spiro atoms. The zero-order valence-electron chi connectivity index (χ0n) is 16.8. The van der Waals surface area contributed by atoms with Gasteiger partial charge >= 0.3 is 0 Å². The van der Waals surface area contributed by atoms with Gasteiger partial charge in [0, 0.05) is 17.3 Å². The smallest absolute Gasteiger partial charge is 0.255 e. The Hall–Kier alpha value is -3.27. The van der Waals surface area contributed by atoms with Crippen LogP contribution in [0.5, 0.6) is 11.5 Å². The van der Waals surface area contributed by atoms with Crippen molar-refractivity contribution in [3.05, 3.63) is 90.0 Å². The summed E-state index contributed by atoms with van der Waals surface area (Å²) in [6.07, 6.45) is 2.87. The van der Waals surface area contributed by atoms with Crippen LogP contribution in [0.3, 0.4) is 0 Å². The summed E-state index contributed by atoms with van der Waals surface area (Å²) in [6, 6.07) is 25.0. The van der Waals surface area contributed by atoms with Gasteiger partial charge in [-0.25, -0.2) is 0 Å². The van der Waals surface area contributed by atoms with Crippen molar-refractivity contribution in [2.75, 3.05) is 18.5 Å². The highest BCUT2D eigenvalue weighted by atomic mass is 16.5. The van der Waals surface area contributed by atoms with Gasteiger partial charge in [-0.3, -0.25) is 4.79 Å². The largest absolute Gasteiger partial charge is 0.494 e. The number of hydrogen-bond donors (Lipinski definition) is 1. The molecular weight excluding hydrogens is 362 g/mol. The molecule has 0 radical (unpaired) electrons. The molecule has 4 heteroatoms. The lowest BCUT2D eigenvalue weighted by Gasteiger charge is -2.10. The monoisotopic (exact) mass is 389 g/mol. The molecule has 29 heavy (non-hydrogen) atoms. The highest BCUT2D eigenvalue weighted by molar-refractivity contribution is 6.04. The lowest BCUT2D eigenvalue weighted by atomic mass is 10.1. The molecule has 4 nitrogen and oxygen atoms in total. The zero-order valence-corrected chi connectivity index (χ0v) is 16.8. The van der Waals surface area contributed by atoms with Crippen LogP contribution in [0.4, 0.5) is 5.69 Å². The number of benzene rings is 3. The maximum atomic E-state index is 12.5. The van der Waals surface area contributed by atoms with E-state index in [4.69, 9.17) is 9.47 Å². The number of ether oxygens (including phenoxy) is 2. The molecule has 0 saturated heterocycles. The fourth-order valence-electron chi connectivity index (χ4n) is 2.90. The van der Waals surface area contributed by atoms with Crippen LogP contribution in [-0.4, -0.2) is 19.1 Å². The minimum atomic E-state index is -0.159. The third-order valence-corrected chi connectivity index (χ3v) is 4.40.